The summed E-state index contributed by atoms with van der Waals surface area (Å²) in [6.45, 7) is 7.61. The van der Waals surface area contributed by atoms with Crippen LogP contribution in [0.1, 0.15) is 47.3 Å². The van der Waals surface area contributed by atoms with Gasteiger partial charge in [0.1, 0.15) is 11.5 Å². The number of amides is 1. The van der Waals surface area contributed by atoms with Crippen molar-refractivity contribution in [3.05, 3.63) is 47.0 Å². The van der Waals surface area contributed by atoms with Crippen molar-refractivity contribution in [1.82, 2.24) is 10.3 Å². The third kappa shape index (κ3) is 4.61. The van der Waals surface area contributed by atoms with Gasteiger partial charge in [0.05, 0.1) is 12.2 Å². The monoisotopic (exact) mass is 374 g/mol. The Morgan fingerprint density at radius 3 is 2.37 bits per heavy atom. The van der Waals surface area contributed by atoms with Crippen molar-refractivity contribution >= 4 is 17.7 Å². The van der Waals surface area contributed by atoms with Gasteiger partial charge in [-0.2, -0.15) is 0 Å². The number of Topliss-reactive ketones (excluding diaryl/α,β-unsaturated/α-hetero) is 1. The molecule has 1 amide bonds. The quantitative estimate of drug-likeness (QED) is 0.442. The van der Waals surface area contributed by atoms with Crippen LogP contribution in [0.4, 0.5) is 4.39 Å². The fraction of sp³-hybridized carbons (Fsp3) is 0.350. The Morgan fingerprint density at radius 2 is 1.81 bits per heavy atom. The van der Waals surface area contributed by atoms with Gasteiger partial charge in [0.25, 0.3) is 11.7 Å². The van der Waals surface area contributed by atoms with Gasteiger partial charge in [0.15, 0.2) is 0 Å². The predicted octanol–water partition coefficient (Wildman–Crippen LogP) is 3.26. The number of benzene rings is 1. The number of aryl methyl sites for hydroxylation is 1. The van der Waals surface area contributed by atoms with E-state index in [0.29, 0.717) is 17.8 Å². The van der Waals surface area contributed by atoms with Crippen molar-refractivity contribution in [2.24, 2.45) is 5.92 Å². The third-order valence-corrected chi connectivity index (χ3v) is 3.90. The first-order chi connectivity index (χ1) is 12.8. The summed E-state index contributed by atoms with van der Waals surface area (Å²) in [4.78, 5) is 40.2. The van der Waals surface area contributed by atoms with E-state index in [1.807, 2.05) is 13.8 Å². The van der Waals surface area contributed by atoms with Gasteiger partial charge in [0.2, 0.25) is 0 Å². The lowest BCUT2D eigenvalue weighted by Crippen LogP contribution is -2.34. The van der Waals surface area contributed by atoms with E-state index in [-0.39, 0.29) is 29.3 Å². The second-order valence-electron chi connectivity index (χ2n) is 6.54. The summed E-state index contributed by atoms with van der Waals surface area (Å²) in [5.74, 6) is -2.46. The average Bonchev–Trinajstić information content (AvgIpc) is 2.97. The molecule has 27 heavy (non-hydrogen) atoms. The van der Waals surface area contributed by atoms with Crippen LogP contribution in [0, 0.1) is 18.7 Å². The predicted molar refractivity (Wildman–Crippen MR) is 99.1 cm³/mol. The van der Waals surface area contributed by atoms with Gasteiger partial charge in [-0.15, -0.1) is 0 Å². The smallest absolute Gasteiger partial charge is 0.340 e. The summed E-state index contributed by atoms with van der Waals surface area (Å²) in [5.41, 5.74) is 1.19. The largest absolute Gasteiger partial charge is 0.462 e. The molecule has 2 aromatic rings. The minimum atomic E-state index is -0.798. The fourth-order valence-electron chi connectivity index (χ4n) is 2.65. The zero-order valence-corrected chi connectivity index (χ0v) is 15.8. The molecule has 0 bridgehead atoms. The molecule has 0 saturated carbocycles. The van der Waals surface area contributed by atoms with E-state index in [0.717, 1.165) is 0 Å². The van der Waals surface area contributed by atoms with Crippen molar-refractivity contribution in [3.63, 3.8) is 0 Å². The summed E-state index contributed by atoms with van der Waals surface area (Å²) in [5, 5.41) is 2.57. The number of aromatic nitrogens is 1. The Morgan fingerprint density at radius 1 is 1.19 bits per heavy atom. The summed E-state index contributed by atoms with van der Waals surface area (Å²) in [6.07, 6.45) is 0. The van der Waals surface area contributed by atoms with Gasteiger partial charge >= 0.3 is 5.97 Å². The zero-order valence-electron chi connectivity index (χ0n) is 15.8. The van der Waals surface area contributed by atoms with E-state index < -0.39 is 23.5 Å². The molecule has 0 atom stereocenters. The zero-order chi connectivity index (χ0) is 20.1. The van der Waals surface area contributed by atoms with Gasteiger partial charge in [0, 0.05) is 17.8 Å². The molecule has 0 aliphatic carbocycles. The van der Waals surface area contributed by atoms with Crippen molar-refractivity contribution < 1.29 is 23.5 Å². The first kappa shape index (κ1) is 20.4. The Bertz CT molecular complexity index is 854. The number of ketones is 1. The van der Waals surface area contributed by atoms with Crippen LogP contribution in [0.2, 0.25) is 0 Å². The molecule has 1 aromatic heterocycles. The highest BCUT2D eigenvalue weighted by molar-refractivity contribution is 6.43. The molecule has 0 radical (unpaired) electrons. The highest BCUT2D eigenvalue weighted by Gasteiger charge is 2.29. The van der Waals surface area contributed by atoms with Crippen molar-refractivity contribution in [2.75, 3.05) is 13.2 Å². The Labute approximate surface area is 157 Å². The van der Waals surface area contributed by atoms with E-state index in [1.165, 1.54) is 24.3 Å². The number of ether oxygens (including phenoxy) is 1. The summed E-state index contributed by atoms with van der Waals surface area (Å²) in [6, 6.07) is 5.34. The number of hydrogen-bond donors (Lipinski definition) is 2. The van der Waals surface area contributed by atoms with Crippen molar-refractivity contribution in [3.8, 4) is 11.1 Å². The molecule has 1 heterocycles. The van der Waals surface area contributed by atoms with Crippen LogP contribution in [-0.2, 0) is 9.53 Å². The number of H-pyrrole nitrogens is 1. The van der Waals surface area contributed by atoms with Crippen LogP contribution in [0.15, 0.2) is 24.3 Å². The maximum atomic E-state index is 13.3. The number of nitrogens with one attached hydrogen (secondary N) is 2. The highest BCUT2D eigenvalue weighted by atomic mass is 19.1. The maximum absolute atomic E-state index is 13.3. The minimum absolute atomic E-state index is 0.0246. The normalized spacial score (nSPS) is 10.7. The lowest BCUT2D eigenvalue weighted by atomic mass is 9.98. The molecule has 0 unspecified atom stereocenters. The Kier molecular flexibility index (Phi) is 6.50. The van der Waals surface area contributed by atoms with Crippen LogP contribution in [0.5, 0.6) is 0 Å². The number of carbonyl (C=O) groups excluding carboxylic acids is 3. The van der Waals surface area contributed by atoms with Crippen molar-refractivity contribution in [2.45, 2.75) is 27.7 Å². The molecule has 0 aliphatic rings. The lowest BCUT2D eigenvalue weighted by Gasteiger charge is -2.09. The summed E-state index contributed by atoms with van der Waals surface area (Å²) >= 11 is 0. The third-order valence-electron chi connectivity index (χ3n) is 3.90. The number of aromatic amines is 1. The van der Waals surface area contributed by atoms with Gasteiger partial charge in [-0.3, -0.25) is 9.59 Å². The molecule has 6 nitrogen and oxygen atoms in total. The molecule has 0 spiro atoms. The summed E-state index contributed by atoms with van der Waals surface area (Å²) in [7, 11) is 0. The molecule has 1 aromatic carbocycles. The molecule has 144 valence electrons. The maximum Gasteiger partial charge on any atom is 0.340 e. The second-order valence-corrected chi connectivity index (χ2v) is 6.54. The van der Waals surface area contributed by atoms with E-state index in [9.17, 15) is 18.8 Å². The Balaban J connectivity index is 2.55. The first-order valence-electron chi connectivity index (χ1n) is 8.74. The topological polar surface area (TPSA) is 88.3 Å². The number of halogens is 1. The molecule has 0 saturated heterocycles. The van der Waals surface area contributed by atoms with Gasteiger partial charge in [-0.25, -0.2) is 9.18 Å². The van der Waals surface area contributed by atoms with Gasteiger partial charge in [-0.1, -0.05) is 26.0 Å². The highest BCUT2D eigenvalue weighted by Crippen LogP contribution is 2.31. The van der Waals surface area contributed by atoms with Crippen LogP contribution in [0.25, 0.3) is 11.1 Å². The summed E-state index contributed by atoms with van der Waals surface area (Å²) < 4.78 is 18.4. The molecule has 0 fully saturated rings. The molecular weight excluding hydrogens is 351 g/mol. The van der Waals surface area contributed by atoms with E-state index in [2.05, 4.69) is 10.3 Å². The van der Waals surface area contributed by atoms with E-state index >= 15 is 0 Å². The van der Waals surface area contributed by atoms with E-state index in [4.69, 9.17) is 4.74 Å². The standard InChI is InChI=1S/C20H23FN2O4/c1-5-27-20(26)15-12(4)23-17(18(24)19(25)22-10-11(2)3)16(15)13-6-8-14(21)9-7-13/h6-9,11,23H,5,10H2,1-4H3,(H,22,25). The van der Waals surface area contributed by atoms with Gasteiger partial charge < -0.3 is 15.0 Å². The second kappa shape index (κ2) is 8.62. The van der Waals surface area contributed by atoms with Crippen LogP contribution in [-0.4, -0.2) is 35.8 Å². The number of carbonyl (C=O) groups is 3. The first-order valence-corrected chi connectivity index (χ1v) is 8.74. The fourth-order valence-corrected chi connectivity index (χ4v) is 2.65. The Hall–Kier alpha value is -2.96. The minimum Gasteiger partial charge on any atom is -0.462 e. The number of esters is 1. The molecular formula is C20H23FN2O4. The number of rotatable bonds is 7. The van der Waals surface area contributed by atoms with Crippen molar-refractivity contribution in [1.29, 1.82) is 0 Å². The molecule has 0 aliphatic heterocycles. The SMILES string of the molecule is CCOC(=O)c1c(C)[nH]c(C(=O)C(=O)NCC(C)C)c1-c1ccc(F)cc1. The van der Waals surface area contributed by atoms with Crippen LogP contribution < -0.4 is 5.32 Å². The van der Waals surface area contributed by atoms with Crippen LogP contribution in [0.3, 0.4) is 0 Å². The lowest BCUT2D eigenvalue weighted by molar-refractivity contribution is -0.117. The number of hydrogen-bond acceptors (Lipinski definition) is 4. The average molecular weight is 374 g/mol. The van der Waals surface area contributed by atoms with Gasteiger partial charge in [-0.05, 0) is 37.5 Å². The molecule has 7 heteroatoms. The molecule has 2 N–H and O–H groups in total. The molecule has 2 rings (SSSR count). The van der Waals surface area contributed by atoms with Crippen LogP contribution >= 0.6 is 0 Å². The van der Waals surface area contributed by atoms with E-state index in [1.54, 1.807) is 13.8 Å².